The molecule has 1 aromatic rings. The molecule has 80 valence electrons. The van der Waals surface area contributed by atoms with Crippen molar-refractivity contribution >= 4 is 11.6 Å². The molecule has 1 atom stereocenters. The summed E-state index contributed by atoms with van der Waals surface area (Å²) in [6, 6.07) is 4.15. The van der Waals surface area contributed by atoms with Gasteiger partial charge in [0, 0.05) is 26.2 Å². The Morgan fingerprint density at radius 3 is 2.93 bits per heavy atom. The topological polar surface area (TPSA) is 64.8 Å². The highest BCUT2D eigenvalue weighted by Gasteiger charge is 2.11. The Morgan fingerprint density at radius 2 is 2.33 bits per heavy atom. The molecule has 0 saturated heterocycles. The van der Waals surface area contributed by atoms with Gasteiger partial charge in [-0.05, 0) is 6.92 Å². The summed E-state index contributed by atoms with van der Waals surface area (Å²) in [6.45, 7) is 1.99. The molecular formula is C10H15N5. The second kappa shape index (κ2) is 5.15. The standard InChI is InChI=1S/C10H15N5/c1-8(4-5-11)15(3)10-6-9(12-2)13-7-14-10/h6-8H,4H2,1-3H3,(H,12,13,14). The van der Waals surface area contributed by atoms with Gasteiger partial charge in [0.2, 0.25) is 0 Å². The molecule has 0 spiro atoms. The lowest BCUT2D eigenvalue weighted by Gasteiger charge is -2.23. The zero-order valence-corrected chi connectivity index (χ0v) is 9.23. The molecule has 5 nitrogen and oxygen atoms in total. The molecule has 1 unspecified atom stereocenters. The van der Waals surface area contributed by atoms with Crippen LogP contribution in [0.3, 0.4) is 0 Å². The first-order valence-electron chi connectivity index (χ1n) is 4.78. The van der Waals surface area contributed by atoms with Crippen molar-refractivity contribution in [1.82, 2.24) is 9.97 Å². The van der Waals surface area contributed by atoms with Crippen LogP contribution in [0.2, 0.25) is 0 Å². The van der Waals surface area contributed by atoms with Crippen LogP contribution in [-0.2, 0) is 0 Å². The molecule has 0 aromatic carbocycles. The number of nitriles is 1. The molecule has 1 rings (SSSR count). The molecule has 0 aliphatic carbocycles. The van der Waals surface area contributed by atoms with Gasteiger partial charge in [-0.2, -0.15) is 5.26 Å². The number of hydrogen-bond acceptors (Lipinski definition) is 5. The van der Waals surface area contributed by atoms with E-state index in [9.17, 15) is 0 Å². The third-order valence-corrected chi connectivity index (χ3v) is 2.32. The Labute approximate surface area is 89.8 Å². The van der Waals surface area contributed by atoms with Crippen molar-refractivity contribution in [3.63, 3.8) is 0 Å². The Bertz CT molecular complexity index is 357. The fourth-order valence-corrected chi connectivity index (χ4v) is 1.17. The summed E-state index contributed by atoms with van der Waals surface area (Å²) < 4.78 is 0. The van der Waals surface area contributed by atoms with Gasteiger partial charge in [-0.1, -0.05) is 0 Å². The molecule has 1 aromatic heterocycles. The molecule has 0 aliphatic heterocycles. The van der Waals surface area contributed by atoms with E-state index in [0.717, 1.165) is 11.6 Å². The van der Waals surface area contributed by atoms with Crippen LogP contribution in [0.1, 0.15) is 13.3 Å². The number of anilines is 2. The first kappa shape index (κ1) is 11.2. The normalized spacial score (nSPS) is 11.6. The van der Waals surface area contributed by atoms with E-state index in [0.29, 0.717) is 6.42 Å². The van der Waals surface area contributed by atoms with Gasteiger partial charge in [0.1, 0.15) is 18.0 Å². The predicted octanol–water partition coefficient (Wildman–Crippen LogP) is 1.26. The summed E-state index contributed by atoms with van der Waals surface area (Å²) in [5.74, 6) is 1.59. The van der Waals surface area contributed by atoms with Crippen LogP contribution >= 0.6 is 0 Å². The Kier molecular flexibility index (Phi) is 3.86. The highest BCUT2D eigenvalue weighted by Crippen LogP contribution is 2.15. The molecule has 0 saturated carbocycles. The fraction of sp³-hybridized carbons (Fsp3) is 0.500. The lowest BCUT2D eigenvalue weighted by Crippen LogP contribution is -2.29. The smallest absolute Gasteiger partial charge is 0.134 e. The molecule has 1 N–H and O–H groups in total. The lowest BCUT2D eigenvalue weighted by molar-refractivity contribution is 0.693. The maximum Gasteiger partial charge on any atom is 0.134 e. The van der Waals surface area contributed by atoms with Gasteiger partial charge in [-0.3, -0.25) is 0 Å². The van der Waals surface area contributed by atoms with Gasteiger partial charge in [-0.15, -0.1) is 0 Å². The van der Waals surface area contributed by atoms with Crippen molar-refractivity contribution in [2.24, 2.45) is 0 Å². The molecule has 15 heavy (non-hydrogen) atoms. The van der Waals surface area contributed by atoms with Crippen molar-refractivity contribution in [1.29, 1.82) is 5.26 Å². The predicted molar refractivity (Wildman–Crippen MR) is 59.7 cm³/mol. The summed E-state index contributed by atoms with van der Waals surface area (Å²) in [5.41, 5.74) is 0. The monoisotopic (exact) mass is 205 g/mol. The Morgan fingerprint density at radius 1 is 1.60 bits per heavy atom. The number of aromatic nitrogens is 2. The minimum absolute atomic E-state index is 0.148. The van der Waals surface area contributed by atoms with Crippen LogP contribution in [-0.4, -0.2) is 30.1 Å². The van der Waals surface area contributed by atoms with E-state index in [-0.39, 0.29) is 6.04 Å². The average molecular weight is 205 g/mol. The van der Waals surface area contributed by atoms with E-state index in [1.54, 1.807) is 0 Å². The van der Waals surface area contributed by atoms with E-state index in [4.69, 9.17) is 5.26 Å². The maximum atomic E-state index is 8.61. The highest BCUT2D eigenvalue weighted by atomic mass is 15.2. The van der Waals surface area contributed by atoms with Gasteiger partial charge in [0.25, 0.3) is 0 Å². The molecule has 0 aliphatic rings. The quantitative estimate of drug-likeness (QED) is 0.801. The van der Waals surface area contributed by atoms with Gasteiger partial charge >= 0.3 is 0 Å². The Hall–Kier alpha value is -1.83. The van der Waals surface area contributed by atoms with Crippen LogP contribution in [0, 0.1) is 11.3 Å². The number of rotatable bonds is 4. The summed E-state index contributed by atoms with van der Waals surface area (Å²) in [7, 11) is 3.73. The highest BCUT2D eigenvalue weighted by molar-refractivity contribution is 5.48. The van der Waals surface area contributed by atoms with Crippen molar-refractivity contribution in [3.05, 3.63) is 12.4 Å². The van der Waals surface area contributed by atoms with Crippen molar-refractivity contribution < 1.29 is 0 Å². The van der Waals surface area contributed by atoms with Crippen LogP contribution in [0.25, 0.3) is 0 Å². The lowest BCUT2D eigenvalue weighted by atomic mass is 10.2. The van der Waals surface area contributed by atoms with Crippen LogP contribution in [0.4, 0.5) is 11.6 Å². The van der Waals surface area contributed by atoms with Gasteiger partial charge in [0.15, 0.2) is 0 Å². The molecule has 0 fully saturated rings. The summed E-state index contributed by atoms with van der Waals surface area (Å²) >= 11 is 0. The van der Waals surface area contributed by atoms with Crippen molar-refractivity contribution in [2.75, 3.05) is 24.3 Å². The third-order valence-electron chi connectivity index (χ3n) is 2.32. The second-order valence-electron chi connectivity index (χ2n) is 3.33. The number of hydrogen-bond donors (Lipinski definition) is 1. The SMILES string of the molecule is CNc1cc(N(C)C(C)CC#N)ncn1. The summed E-state index contributed by atoms with van der Waals surface area (Å²) in [4.78, 5) is 10.2. The molecular weight excluding hydrogens is 190 g/mol. The van der Waals surface area contributed by atoms with E-state index >= 15 is 0 Å². The summed E-state index contributed by atoms with van der Waals surface area (Å²) in [6.07, 6.45) is 1.99. The third kappa shape index (κ3) is 2.81. The molecule has 0 amide bonds. The zero-order chi connectivity index (χ0) is 11.3. The summed E-state index contributed by atoms with van der Waals surface area (Å²) in [5, 5.41) is 11.6. The zero-order valence-electron chi connectivity index (χ0n) is 9.23. The molecule has 5 heteroatoms. The first-order valence-corrected chi connectivity index (χ1v) is 4.78. The van der Waals surface area contributed by atoms with E-state index in [2.05, 4.69) is 21.4 Å². The van der Waals surface area contributed by atoms with Gasteiger partial charge in [-0.25, -0.2) is 9.97 Å². The van der Waals surface area contributed by atoms with Gasteiger partial charge in [0.05, 0.1) is 12.5 Å². The maximum absolute atomic E-state index is 8.61. The molecule has 0 radical (unpaired) electrons. The first-order chi connectivity index (χ1) is 7.19. The van der Waals surface area contributed by atoms with Crippen molar-refractivity contribution in [2.45, 2.75) is 19.4 Å². The van der Waals surface area contributed by atoms with Crippen LogP contribution in [0.5, 0.6) is 0 Å². The van der Waals surface area contributed by atoms with Crippen molar-refractivity contribution in [3.8, 4) is 6.07 Å². The van der Waals surface area contributed by atoms with Gasteiger partial charge < -0.3 is 10.2 Å². The Balaban J connectivity index is 2.81. The second-order valence-corrected chi connectivity index (χ2v) is 3.33. The average Bonchev–Trinajstić information content (AvgIpc) is 2.28. The van der Waals surface area contributed by atoms with Crippen LogP contribution < -0.4 is 10.2 Å². The molecule has 0 bridgehead atoms. The largest absolute Gasteiger partial charge is 0.373 e. The number of nitrogens with zero attached hydrogens (tertiary/aromatic N) is 4. The molecule has 1 heterocycles. The van der Waals surface area contributed by atoms with E-state index in [1.165, 1.54) is 6.33 Å². The van der Waals surface area contributed by atoms with Crippen LogP contribution in [0.15, 0.2) is 12.4 Å². The minimum atomic E-state index is 0.148. The number of nitrogens with one attached hydrogen (secondary N) is 1. The minimum Gasteiger partial charge on any atom is -0.373 e. The van der Waals surface area contributed by atoms with E-state index in [1.807, 2.05) is 32.0 Å². The fourth-order valence-electron chi connectivity index (χ4n) is 1.17. The van der Waals surface area contributed by atoms with E-state index < -0.39 is 0 Å².